The van der Waals surface area contributed by atoms with Crippen molar-refractivity contribution in [2.45, 2.75) is 160 Å². The number of nitrogens with zero attached hydrogens (tertiary/aromatic N) is 8. The summed E-state index contributed by atoms with van der Waals surface area (Å²) in [4.78, 5) is 115. The Morgan fingerprint density at radius 1 is 0.524 bits per heavy atom. The molecule has 0 radical (unpaired) electrons. The van der Waals surface area contributed by atoms with Crippen molar-refractivity contribution >= 4 is 124 Å². The summed E-state index contributed by atoms with van der Waals surface area (Å²) in [6.45, 7) is 52.5. The SMILES string of the molecule is C.C.C1CCOC1.CCC.Cl.O=CC(F)(F)F.[2H]CC.[C-]#[N+]c1ccc(O)c(C(=O)N=C(N)N)c1N(C)C.[C-]#[N+]c1ccc(O)c(C(=O)NC(=N)NC(=O)OC(C)(C)C)c1N(C)C.[C-]#[N+]c1ccc(OCc2ccccc2)c(C(=O)NC(=N)NC(=O)OC(C)(C)C)c1F.[C-]#[N+]c1ccc(OCc2ccccc2)c(C(=O)NC(=N)NC(=O)OC(C)(C)C)c1N(C)C. The predicted octanol–water partition coefficient (Wildman–Crippen LogP) is 16.5. The number of nitrogens with two attached hydrogens (primary N) is 2. The zero-order valence-corrected chi connectivity index (χ0v) is 71.7. The molecule has 6 aromatic rings. The molecule has 35 nitrogen and oxygen atoms in total. The van der Waals surface area contributed by atoms with Gasteiger partial charge in [-0.3, -0.25) is 72.1 Å². The molecule has 1 fully saturated rings. The number of hydrogen-bond acceptors (Lipinski definition) is 22. The Kier molecular flexibility index (Phi) is 52.3. The zero-order chi connectivity index (χ0) is 93.6. The topological polar surface area (TPSA) is 468 Å². The third kappa shape index (κ3) is 44.1. The van der Waals surface area contributed by atoms with Crippen LogP contribution in [0.1, 0.15) is 178 Å². The maximum Gasteiger partial charge on any atom is 0.446 e. The number of aliphatic imine (C=N–C) groups is 1. The van der Waals surface area contributed by atoms with E-state index in [9.17, 15) is 61.3 Å². The van der Waals surface area contributed by atoms with Gasteiger partial charge in [0.2, 0.25) is 46.9 Å². The van der Waals surface area contributed by atoms with Crippen LogP contribution in [-0.4, -0.2) is 161 Å². The lowest BCUT2D eigenvalue weighted by Crippen LogP contribution is -2.45. The monoisotopic (exact) mass is 1760 g/mol. The largest absolute Gasteiger partial charge is 0.507 e. The van der Waals surface area contributed by atoms with Gasteiger partial charge in [-0.15, -0.1) is 12.4 Å². The van der Waals surface area contributed by atoms with Gasteiger partial charge >= 0.3 is 24.5 Å². The van der Waals surface area contributed by atoms with Crippen molar-refractivity contribution in [1.29, 1.82) is 16.2 Å². The average Bonchev–Trinajstić information content (AvgIpc) is 1.53. The zero-order valence-electron chi connectivity index (χ0n) is 71.9. The molecule has 0 aliphatic carbocycles. The van der Waals surface area contributed by atoms with E-state index in [1.165, 1.54) is 60.6 Å². The van der Waals surface area contributed by atoms with Crippen LogP contribution in [0.4, 0.5) is 71.8 Å². The molecule has 1 aliphatic heterocycles. The number of phenols is 2. The Labute approximate surface area is 729 Å². The molecule has 676 valence electrons. The van der Waals surface area contributed by atoms with Crippen molar-refractivity contribution in [2.75, 3.05) is 70.2 Å². The van der Waals surface area contributed by atoms with Gasteiger partial charge in [0, 0.05) is 56.9 Å². The molecule has 124 heavy (non-hydrogen) atoms. The number of carbonyl (C=O) groups excluding carboxylic acids is 8. The van der Waals surface area contributed by atoms with Gasteiger partial charge < -0.3 is 64.8 Å². The minimum Gasteiger partial charge on any atom is -0.507 e. The molecule has 0 aromatic heterocycles. The molecule has 1 heterocycles. The normalized spacial score (nSPS) is 10.5. The number of ether oxygens (including phenoxy) is 6. The molecule has 0 unspecified atom stereocenters. The Morgan fingerprint density at radius 2 is 0.806 bits per heavy atom. The number of hydrogen-bond donors (Lipinski definition) is 13. The Morgan fingerprint density at radius 3 is 1.10 bits per heavy atom. The van der Waals surface area contributed by atoms with Crippen LogP contribution >= 0.6 is 12.4 Å². The van der Waals surface area contributed by atoms with E-state index in [1.807, 2.05) is 41.7 Å². The third-order valence-electron chi connectivity index (χ3n) is 13.4. The van der Waals surface area contributed by atoms with Crippen molar-refractivity contribution in [2.24, 2.45) is 16.5 Å². The molecule has 0 atom stereocenters. The molecular formula is C84H114ClF4N19O16. The first-order valence-electron chi connectivity index (χ1n) is 36.9. The second-order valence-electron chi connectivity index (χ2n) is 27.8. The maximum absolute atomic E-state index is 14.7. The molecule has 0 saturated carbocycles. The fourth-order valence-electron chi connectivity index (χ4n) is 9.06. The average molecular weight is 1760 g/mol. The van der Waals surface area contributed by atoms with Crippen molar-refractivity contribution in [1.82, 2.24) is 31.9 Å². The third-order valence-corrected chi connectivity index (χ3v) is 13.4. The van der Waals surface area contributed by atoms with Crippen LogP contribution in [0.25, 0.3) is 19.4 Å². The van der Waals surface area contributed by atoms with Crippen LogP contribution in [0.2, 0.25) is 0 Å². The summed E-state index contributed by atoms with van der Waals surface area (Å²) in [5.74, 6) is -7.25. The van der Waals surface area contributed by atoms with E-state index < -0.39 is 106 Å². The van der Waals surface area contributed by atoms with Gasteiger partial charge in [-0.05, 0) is 117 Å². The number of guanidine groups is 4. The van der Waals surface area contributed by atoms with E-state index in [-0.39, 0.29) is 114 Å². The quantitative estimate of drug-likeness (QED) is 0.0128. The molecule has 0 bridgehead atoms. The second kappa shape index (κ2) is 57.0. The van der Waals surface area contributed by atoms with Crippen LogP contribution in [0.5, 0.6) is 23.0 Å². The number of phenolic OH excluding ortho intramolecular Hbond substituents is 2. The van der Waals surface area contributed by atoms with Crippen LogP contribution in [0.3, 0.4) is 0 Å². The molecule has 7 rings (SSSR count). The van der Waals surface area contributed by atoms with Gasteiger partial charge in [-0.2, -0.15) is 18.2 Å². The van der Waals surface area contributed by atoms with Crippen LogP contribution in [-0.2, 0) is 37.0 Å². The second-order valence-corrected chi connectivity index (χ2v) is 27.8. The molecule has 0 spiro atoms. The first kappa shape index (κ1) is 114. The van der Waals surface area contributed by atoms with Gasteiger partial charge in [0.15, 0.2) is 5.96 Å². The molecule has 7 amide bonds. The lowest BCUT2D eigenvalue weighted by atomic mass is 10.1. The number of anilines is 3. The standard InChI is InChI=1S/C23H27N5O4.C21H21FN4O4.C16H21N5O4.C11H13N5O2.C4H8O.C3H8.C2HF3O.C2H6.2CH4.ClH/c1-23(2,3)32-22(30)27-21(24)26-20(29)18-17(31-14-15-10-8-7-9-11-15)13-12-16(25-4)19(18)28(5)6;1-21(2,3)30-20(28)26-19(23)25-18(27)16-15(11-10-14(24-4)17(16)22)29-12-13-8-6-5-7-9-13;1-16(2,3)25-15(24)20-14(17)19-13(23)11-10(22)8-7-9(18-4)12(11)21(5)6;1-14-6-4-5-7(17)8(9(6)16(2)3)10(18)15-11(12)13;1-2-4-5-3-1;1-3-2;3-2(4,5)1-6;1-2;;;/h7-13H,14H2,1-3,5-6H3,(H3,24,26,27,29,30);5-11H,12H2,1-3H3,(H3,23,25,26,27,28);7-8,22H,1-3,5-6H3,(H3,17,19,20,23,24);4-5,17H,2-3H3,(H4,12,13,15,18);1-4H2;3H2,1-2H3;1H;1-2H3;2*1H4;1H/i;;;;;;;1D;;;. The van der Waals surface area contributed by atoms with Gasteiger partial charge in [0.1, 0.15) is 64.4 Å². The molecule has 40 heteroatoms. The van der Waals surface area contributed by atoms with E-state index in [0.29, 0.717) is 12.6 Å². The molecular weight excluding hydrogens is 1640 g/mol. The summed E-state index contributed by atoms with van der Waals surface area (Å²) in [7, 11) is 9.93. The van der Waals surface area contributed by atoms with Gasteiger partial charge in [-0.25, -0.2) is 38.2 Å². The first-order valence-corrected chi connectivity index (χ1v) is 36.2. The summed E-state index contributed by atoms with van der Waals surface area (Å²) in [5.41, 5.74) is 9.99. The molecule has 6 aromatic carbocycles. The number of amides is 7. The van der Waals surface area contributed by atoms with Crippen LogP contribution in [0, 0.1) is 48.3 Å². The summed E-state index contributed by atoms with van der Waals surface area (Å²) in [6.07, 6.45) is -4.62. The number of aldehydes is 1. The van der Waals surface area contributed by atoms with Crippen molar-refractivity contribution in [3.05, 3.63) is 194 Å². The van der Waals surface area contributed by atoms with Crippen LogP contribution < -0.4 is 67.5 Å². The molecule has 1 aliphatic rings. The number of halogens is 5. The maximum atomic E-state index is 14.7. The van der Waals surface area contributed by atoms with E-state index in [1.54, 1.807) is 158 Å². The molecule has 15 N–H and O–H groups in total. The highest BCUT2D eigenvalue weighted by Gasteiger charge is 2.30. The number of aromatic hydroxyl groups is 2. The van der Waals surface area contributed by atoms with E-state index in [4.69, 9.17) is 88.6 Å². The number of benzene rings is 6. The Balaban J connectivity index is -0.000000736. The summed E-state index contributed by atoms with van der Waals surface area (Å²) >= 11 is 0. The molecule has 1 saturated heterocycles. The van der Waals surface area contributed by atoms with E-state index in [0.717, 1.165) is 24.3 Å². The number of carbonyl (C=O) groups is 8. The highest BCUT2D eigenvalue weighted by molar-refractivity contribution is 6.15. The number of nitrogens with one attached hydrogen (secondary N) is 9. The van der Waals surface area contributed by atoms with E-state index in [2.05, 4.69) is 64.8 Å². The predicted molar refractivity (Wildman–Crippen MR) is 473 cm³/mol. The van der Waals surface area contributed by atoms with E-state index >= 15 is 0 Å². The fourth-order valence-corrected chi connectivity index (χ4v) is 9.06. The van der Waals surface area contributed by atoms with Crippen molar-refractivity contribution < 1.29 is 95.9 Å². The Bertz CT molecular complexity index is 4770. The lowest BCUT2D eigenvalue weighted by Gasteiger charge is -2.22. The summed E-state index contributed by atoms with van der Waals surface area (Å²) < 4.78 is 83.6. The minimum atomic E-state index is -4.64. The van der Waals surface area contributed by atoms with Gasteiger partial charge in [0.25, 0.3) is 23.6 Å². The Hall–Kier alpha value is -14.3. The highest BCUT2D eigenvalue weighted by Crippen LogP contribution is 2.40. The number of alkyl halides is 3. The number of rotatable bonds is 13. The van der Waals surface area contributed by atoms with Crippen LogP contribution in [0.15, 0.2) is 114 Å². The minimum absolute atomic E-state index is 0. The fraction of sp³-hybridized carbons (Fsp3) is 0.381. The lowest BCUT2D eigenvalue weighted by molar-refractivity contribution is -0.156. The summed E-state index contributed by atoms with van der Waals surface area (Å²) in [6, 6.07) is 29.4. The van der Waals surface area contributed by atoms with Crippen molar-refractivity contribution in [3.8, 4) is 23.0 Å². The number of alkyl carbamates (subject to hydrolysis) is 3. The first-order chi connectivity index (χ1) is 56.8. The highest BCUT2D eigenvalue weighted by atomic mass is 35.5. The van der Waals surface area contributed by atoms with Crippen molar-refractivity contribution in [3.63, 3.8) is 0 Å². The summed E-state index contributed by atoms with van der Waals surface area (Å²) in [5, 5.41) is 55.8. The van der Waals surface area contributed by atoms with Gasteiger partial charge in [-0.1, -0.05) is 128 Å². The smallest absolute Gasteiger partial charge is 0.446 e. The van der Waals surface area contributed by atoms with Gasteiger partial charge in [0.05, 0.1) is 60.0 Å².